The number of nitrogens with zero attached hydrogens (tertiary/aromatic N) is 5. The summed E-state index contributed by atoms with van der Waals surface area (Å²) in [6.45, 7) is 0. The van der Waals surface area contributed by atoms with E-state index in [0.29, 0.717) is 22.9 Å². The van der Waals surface area contributed by atoms with E-state index in [1.54, 1.807) is 29.1 Å². The summed E-state index contributed by atoms with van der Waals surface area (Å²) in [6, 6.07) is 15.1. The second kappa shape index (κ2) is 10.2. The molecule has 0 spiro atoms. The van der Waals surface area contributed by atoms with Gasteiger partial charge in [-0.2, -0.15) is 0 Å². The van der Waals surface area contributed by atoms with Crippen LogP contribution < -0.4 is 20.7 Å². The molecular weight excluding hydrogens is 496 g/mol. The molecule has 1 saturated carbocycles. The van der Waals surface area contributed by atoms with Gasteiger partial charge in [0.25, 0.3) is 5.91 Å². The van der Waals surface area contributed by atoms with E-state index in [-0.39, 0.29) is 17.1 Å². The fraction of sp³-hybridized carbons (Fsp3) is 0.143. The number of fused-ring (bicyclic) bond motifs is 1. The molecule has 194 valence electrons. The van der Waals surface area contributed by atoms with Crippen molar-refractivity contribution in [1.29, 1.82) is 0 Å². The van der Waals surface area contributed by atoms with Crippen LogP contribution in [0.2, 0.25) is 0 Å². The summed E-state index contributed by atoms with van der Waals surface area (Å²) in [4.78, 5) is 43.2. The highest BCUT2D eigenvalue weighted by Gasteiger charge is 2.27. The van der Waals surface area contributed by atoms with Crippen molar-refractivity contribution in [2.75, 3.05) is 17.7 Å². The van der Waals surface area contributed by atoms with Gasteiger partial charge in [0, 0.05) is 36.5 Å². The van der Waals surface area contributed by atoms with Gasteiger partial charge in [-0.05, 0) is 25.0 Å². The van der Waals surface area contributed by atoms with Crippen molar-refractivity contribution in [1.82, 2.24) is 29.7 Å². The molecule has 4 aromatic heterocycles. The summed E-state index contributed by atoms with van der Waals surface area (Å²) >= 11 is 0. The van der Waals surface area contributed by atoms with Crippen LogP contribution in [0.3, 0.4) is 0 Å². The summed E-state index contributed by atoms with van der Waals surface area (Å²) < 4.78 is 7.23. The van der Waals surface area contributed by atoms with E-state index < -0.39 is 12.0 Å². The van der Waals surface area contributed by atoms with Crippen molar-refractivity contribution >= 4 is 34.7 Å². The minimum Gasteiger partial charge on any atom is -0.407 e. The van der Waals surface area contributed by atoms with E-state index in [2.05, 4.69) is 30.9 Å². The van der Waals surface area contributed by atoms with Crippen molar-refractivity contribution < 1.29 is 14.3 Å². The maximum absolute atomic E-state index is 13.7. The number of pyridine rings is 2. The zero-order chi connectivity index (χ0) is 26.8. The molecule has 1 aliphatic rings. The Balaban J connectivity index is 1.37. The maximum Gasteiger partial charge on any atom is 0.412 e. The molecule has 0 saturated heterocycles. The van der Waals surface area contributed by atoms with Gasteiger partial charge in [0.15, 0.2) is 11.4 Å². The molecule has 39 heavy (non-hydrogen) atoms. The quantitative estimate of drug-likeness (QED) is 0.279. The van der Waals surface area contributed by atoms with Gasteiger partial charge in [-0.3, -0.25) is 4.79 Å². The van der Waals surface area contributed by atoms with Crippen molar-refractivity contribution in [3.63, 3.8) is 0 Å². The van der Waals surface area contributed by atoms with Crippen molar-refractivity contribution in [3.8, 4) is 17.0 Å². The Hall–Kier alpha value is -5.32. The molecule has 6 rings (SSSR count). The fourth-order valence-corrected chi connectivity index (χ4v) is 4.15. The topological polar surface area (TPSA) is 135 Å². The normalized spacial score (nSPS) is 12.6. The van der Waals surface area contributed by atoms with Gasteiger partial charge >= 0.3 is 6.09 Å². The molecule has 1 aliphatic carbocycles. The molecule has 11 heteroatoms. The Bertz CT molecular complexity index is 1670. The summed E-state index contributed by atoms with van der Waals surface area (Å²) in [6.07, 6.45) is 9.48. The largest absolute Gasteiger partial charge is 0.412 e. The molecule has 0 atom stereocenters. The third-order valence-corrected chi connectivity index (χ3v) is 6.25. The van der Waals surface area contributed by atoms with E-state index in [0.717, 1.165) is 29.8 Å². The van der Waals surface area contributed by atoms with Crippen LogP contribution in [-0.2, 0) is 0 Å². The number of amides is 2. The number of rotatable bonds is 7. The first-order valence-electron chi connectivity index (χ1n) is 12.4. The number of anilines is 3. The molecule has 0 bridgehead atoms. The fourth-order valence-electron chi connectivity index (χ4n) is 4.15. The first kappa shape index (κ1) is 24.0. The molecule has 0 radical (unpaired) electrons. The molecule has 3 N–H and O–H groups in total. The summed E-state index contributed by atoms with van der Waals surface area (Å²) in [7, 11) is 1.46. The third kappa shape index (κ3) is 5.23. The smallest absolute Gasteiger partial charge is 0.407 e. The van der Waals surface area contributed by atoms with Crippen LogP contribution in [0.1, 0.15) is 34.9 Å². The van der Waals surface area contributed by atoms with E-state index in [1.165, 1.54) is 13.4 Å². The lowest BCUT2D eigenvalue weighted by atomic mass is 10.2. The van der Waals surface area contributed by atoms with Crippen LogP contribution >= 0.6 is 0 Å². The molecule has 0 aliphatic heterocycles. The molecule has 2 amide bonds. The van der Waals surface area contributed by atoms with E-state index in [9.17, 15) is 9.59 Å². The Kier molecular flexibility index (Phi) is 6.29. The van der Waals surface area contributed by atoms with Crippen LogP contribution in [0.5, 0.6) is 5.75 Å². The number of hydrogen-bond acceptors (Lipinski definition) is 8. The Labute approximate surface area is 223 Å². The highest BCUT2D eigenvalue weighted by Crippen LogP contribution is 2.40. The van der Waals surface area contributed by atoms with Crippen molar-refractivity contribution in [2.45, 2.75) is 18.8 Å². The summed E-state index contributed by atoms with van der Waals surface area (Å²) in [5, 5.41) is 8.49. The van der Waals surface area contributed by atoms with Gasteiger partial charge in [-0.1, -0.05) is 30.3 Å². The molecule has 4 heterocycles. The average Bonchev–Trinajstić information content (AvgIpc) is 3.74. The average molecular weight is 521 g/mol. The summed E-state index contributed by atoms with van der Waals surface area (Å²) in [5.74, 6) is 0.0183. The van der Waals surface area contributed by atoms with Crippen molar-refractivity contribution in [3.05, 3.63) is 91.0 Å². The van der Waals surface area contributed by atoms with E-state index in [4.69, 9.17) is 9.72 Å². The predicted molar refractivity (Wildman–Crippen MR) is 145 cm³/mol. The van der Waals surface area contributed by atoms with Crippen LogP contribution in [0, 0.1) is 0 Å². The second-order valence-corrected chi connectivity index (χ2v) is 9.06. The minimum atomic E-state index is -0.673. The number of aromatic nitrogens is 5. The lowest BCUT2D eigenvalue weighted by Crippen LogP contribution is -2.23. The van der Waals surface area contributed by atoms with Gasteiger partial charge in [0.2, 0.25) is 0 Å². The highest BCUT2D eigenvalue weighted by atomic mass is 16.6. The second-order valence-electron chi connectivity index (χ2n) is 9.06. The lowest BCUT2D eigenvalue weighted by molar-refractivity contribution is 0.102. The summed E-state index contributed by atoms with van der Waals surface area (Å²) in [5.41, 5.74) is 4.66. The first-order chi connectivity index (χ1) is 19.1. The van der Waals surface area contributed by atoms with Gasteiger partial charge in [-0.25, -0.2) is 24.7 Å². The molecule has 11 nitrogen and oxygen atoms in total. The van der Waals surface area contributed by atoms with Crippen LogP contribution in [0.15, 0.2) is 79.6 Å². The van der Waals surface area contributed by atoms with Gasteiger partial charge in [0.05, 0.1) is 41.3 Å². The number of carbonyl (C=O) groups is 2. The van der Waals surface area contributed by atoms with Gasteiger partial charge < -0.3 is 25.1 Å². The third-order valence-electron chi connectivity index (χ3n) is 6.25. The van der Waals surface area contributed by atoms with Crippen molar-refractivity contribution in [2.24, 2.45) is 0 Å². The highest BCUT2D eigenvalue weighted by molar-refractivity contribution is 6.08. The van der Waals surface area contributed by atoms with Gasteiger partial charge in [-0.15, -0.1) is 0 Å². The van der Waals surface area contributed by atoms with Crippen LogP contribution in [0.4, 0.5) is 21.9 Å². The zero-order valence-electron chi connectivity index (χ0n) is 21.0. The maximum atomic E-state index is 13.7. The number of hydrogen-bond donors (Lipinski definition) is 3. The SMILES string of the molecule is CNC(=O)Oc1cn2cc(-c3ccccc3)nc2cc1NC(=O)c1nc(C2CC2)ccc1Nc1cncnc1. The number of carbonyl (C=O) groups excluding carboxylic acids is 2. The Morgan fingerprint density at radius 2 is 1.77 bits per heavy atom. The monoisotopic (exact) mass is 520 g/mol. The standard InChI is InChI=1S/C28H24N8O3/c1-29-28(38)39-24-15-36-14-23(17-5-3-2-4-6-17)33-25(36)11-22(24)35-27(37)26-21(32-19-12-30-16-31-13-19)10-9-20(34-26)18-7-8-18/h2-6,9-16,18,32H,7-8H2,1H3,(H,29,38)(H,35,37). The number of imidazole rings is 1. The van der Waals surface area contributed by atoms with E-state index in [1.807, 2.05) is 48.7 Å². The molecule has 5 aromatic rings. The molecule has 1 fully saturated rings. The first-order valence-corrected chi connectivity index (χ1v) is 12.4. The zero-order valence-corrected chi connectivity index (χ0v) is 21.0. The number of benzene rings is 1. The molecule has 0 unspecified atom stereocenters. The van der Waals surface area contributed by atoms with Crippen LogP contribution in [0.25, 0.3) is 16.9 Å². The molecule has 1 aromatic carbocycles. The van der Waals surface area contributed by atoms with Gasteiger partial charge in [0.1, 0.15) is 12.0 Å². The minimum absolute atomic E-state index is 0.150. The number of nitrogens with one attached hydrogen (secondary N) is 3. The predicted octanol–water partition coefficient (Wildman–Crippen LogP) is 4.78. The number of ether oxygens (including phenoxy) is 1. The Morgan fingerprint density at radius 1 is 0.974 bits per heavy atom. The Morgan fingerprint density at radius 3 is 2.51 bits per heavy atom. The lowest BCUT2D eigenvalue weighted by Gasteiger charge is -2.15. The molecular formula is C28H24N8O3. The van der Waals surface area contributed by atoms with E-state index >= 15 is 0 Å². The van der Waals surface area contributed by atoms with Crippen LogP contribution in [-0.4, -0.2) is 43.4 Å².